The maximum atomic E-state index is 10.7. The van der Waals surface area contributed by atoms with Crippen LogP contribution in [-0.4, -0.2) is 25.7 Å². The molecule has 0 saturated carbocycles. The SMILES string of the molecule is O=C(O)c1cn2nc(COc3ccccc3)sc2n1. The second kappa shape index (κ2) is 4.69. The molecule has 0 unspecified atom stereocenters. The van der Waals surface area contributed by atoms with E-state index in [-0.39, 0.29) is 5.69 Å². The van der Waals surface area contributed by atoms with E-state index in [4.69, 9.17) is 9.84 Å². The first-order chi connectivity index (χ1) is 9.22. The summed E-state index contributed by atoms with van der Waals surface area (Å²) in [6.07, 6.45) is 1.39. The molecule has 2 aromatic heterocycles. The fourth-order valence-electron chi connectivity index (χ4n) is 1.56. The van der Waals surface area contributed by atoms with E-state index >= 15 is 0 Å². The second-order valence-electron chi connectivity index (χ2n) is 3.76. The van der Waals surface area contributed by atoms with E-state index in [2.05, 4.69) is 10.1 Å². The Labute approximate surface area is 111 Å². The molecule has 0 saturated heterocycles. The maximum Gasteiger partial charge on any atom is 0.356 e. The quantitative estimate of drug-likeness (QED) is 0.788. The predicted molar refractivity (Wildman–Crippen MR) is 68.6 cm³/mol. The van der Waals surface area contributed by atoms with Gasteiger partial charge in [-0.25, -0.2) is 14.3 Å². The third-order valence-electron chi connectivity index (χ3n) is 2.41. The van der Waals surface area contributed by atoms with Gasteiger partial charge in [0.25, 0.3) is 0 Å². The lowest BCUT2D eigenvalue weighted by molar-refractivity contribution is 0.0691. The summed E-state index contributed by atoms with van der Waals surface area (Å²) < 4.78 is 7.02. The molecule has 3 rings (SSSR count). The van der Waals surface area contributed by atoms with Crippen LogP contribution in [-0.2, 0) is 6.61 Å². The highest BCUT2D eigenvalue weighted by molar-refractivity contribution is 7.16. The molecule has 0 atom stereocenters. The molecule has 96 valence electrons. The third kappa shape index (κ3) is 2.41. The highest BCUT2D eigenvalue weighted by atomic mass is 32.1. The lowest BCUT2D eigenvalue weighted by Crippen LogP contribution is -1.97. The molecule has 1 N–H and O–H groups in total. The molecule has 0 aliphatic heterocycles. The first-order valence-electron chi connectivity index (χ1n) is 5.48. The minimum absolute atomic E-state index is 0.00530. The van der Waals surface area contributed by atoms with Crippen molar-refractivity contribution in [3.05, 3.63) is 47.2 Å². The number of hydrogen-bond acceptors (Lipinski definition) is 5. The van der Waals surface area contributed by atoms with E-state index in [9.17, 15) is 4.79 Å². The van der Waals surface area contributed by atoms with Crippen molar-refractivity contribution in [3.8, 4) is 5.75 Å². The number of ether oxygens (including phenoxy) is 1. The monoisotopic (exact) mass is 275 g/mol. The Morgan fingerprint density at radius 2 is 2.16 bits per heavy atom. The van der Waals surface area contributed by atoms with Crippen molar-refractivity contribution in [3.63, 3.8) is 0 Å². The molecule has 0 amide bonds. The Hall–Kier alpha value is -2.41. The average molecular weight is 275 g/mol. The zero-order chi connectivity index (χ0) is 13.2. The number of hydrogen-bond donors (Lipinski definition) is 1. The van der Waals surface area contributed by atoms with Crippen molar-refractivity contribution in [2.45, 2.75) is 6.61 Å². The molecule has 0 spiro atoms. The molecular formula is C12H9N3O3S. The molecule has 0 fully saturated rings. The van der Waals surface area contributed by atoms with Gasteiger partial charge in [-0.2, -0.15) is 5.10 Å². The van der Waals surface area contributed by atoms with Crippen LogP contribution in [0.5, 0.6) is 5.75 Å². The number of rotatable bonds is 4. The number of aromatic nitrogens is 3. The highest BCUT2D eigenvalue weighted by Gasteiger charge is 2.12. The van der Waals surface area contributed by atoms with Gasteiger partial charge in [-0.05, 0) is 12.1 Å². The third-order valence-corrected chi connectivity index (χ3v) is 3.31. The molecular weight excluding hydrogens is 266 g/mol. The number of benzene rings is 1. The Morgan fingerprint density at radius 3 is 2.84 bits per heavy atom. The van der Waals surface area contributed by atoms with Crippen LogP contribution in [0.2, 0.25) is 0 Å². The molecule has 0 aliphatic carbocycles. The number of carboxylic acids is 1. The highest BCUT2D eigenvalue weighted by Crippen LogP contribution is 2.17. The van der Waals surface area contributed by atoms with Gasteiger partial charge in [0.05, 0.1) is 6.20 Å². The summed E-state index contributed by atoms with van der Waals surface area (Å²) in [6.45, 7) is 0.334. The van der Waals surface area contributed by atoms with Crippen LogP contribution in [0.25, 0.3) is 4.96 Å². The van der Waals surface area contributed by atoms with Crippen molar-refractivity contribution >= 4 is 22.3 Å². The largest absolute Gasteiger partial charge is 0.486 e. The van der Waals surface area contributed by atoms with E-state index in [1.54, 1.807) is 0 Å². The standard InChI is InChI=1S/C12H9N3O3S/c16-11(17)9-6-15-12(13-9)19-10(14-15)7-18-8-4-2-1-3-5-8/h1-6H,7H2,(H,16,17). The van der Waals surface area contributed by atoms with E-state index in [0.29, 0.717) is 11.6 Å². The summed E-state index contributed by atoms with van der Waals surface area (Å²) >= 11 is 1.31. The molecule has 0 radical (unpaired) electrons. The van der Waals surface area contributed by atoms with Crippen LogP contribution in [0.15, 0.2) is 36.5 Å². The van der Waals surface area contributed by atoms with Gasteiger partial charge in [0, 0.05) is 0 Å². The van der Waals surface area contributed by atoms with Gasteiger partial charge in [0.2, 0.25) is 4.96 Å². The summed E-state index contributed by atoms with van der Waals surface area (Å²) in [4.78, 5) is 15.2. The van der Waals surface area contributed by atoms with E-state index in [1.807, 2.05) is 30.3 Å². The Kier molecular flexibility index (Phi) is 2.88. The summed E-state index contributed by atoms with van der Waals surface area (Å²) in [7, 11) is 0. The topological polar surface area (TPSA) is 76.7 Å². The molecule has 3 aromatic rings. The first kappa shape index (κ1) is 11.7. The van der Waals surface area contributed by atoms with Gasteiger partial charge in [-0.1, -0.05) is 29.5 Å². The van der Waals surface area contributed by atoms with Gasteiger partial charge < -0.3 is 9.84 Å². The number of carbonyl (C=O) groups is 1. The van der Waals surface area contributed by atoms with Crippen molar-refractivity contribution in [2.24, 2.45) is 0 Å². The number of fused-ring (bicyclic) bond motifs is 1. The van der Waals surface area contributed by atoms with E-state index < -0.39 is 5.97 Å². The number of nitrogens with zero attached hydrogens (tertiary/aromatic N) is 3. The van der Waals surface area contributed by atoms with Crippen LogP contribution in [0.3, 0.4) is 0 Å². The molecule has 0 bridgehead atoms. The summed E-state index contributed by atoms with van der Waals surface area (Å²) in [5.74, 6) is -0.290. The smallest absolute Gasteiger partial charge is 0.356 e. The Bertz CT molecular complexity index is 689. The molecule has 1 aromatic carbocycles. The first-order valence-corrected chi connectivity index (χ1v) is 6.30. The maximum absolute atomic E-state index is 10.7. The Morgan fingerprint density at radius 1 is 1.37 bits per heavy atom. The number of carboxylic acid groups (broad SMARTS) is 1. The fourth-order valence-corrected chi connectivity index (χ4v) is 2.35. The van der Waals surface area contributed by atoms with Gasteiger partial charge in [0.15, 0.2) is 10.7 Å². The van der Waals surface area contributed by atoms with Gasteiger partial charge in [-0.3, -0.25) is 0 Å². The van der Waals surface area contributed by atoms with Crippen LogP contribution < -0.4 is 4.74 Å². The van der Waals surface area contributed by atoms with Gasteiger partial charge >= 0.3 is 5.97 Å². The van der Waals surface area contributed by atoms with E-state index in [0.717, 1.165) is 10.8 Å². The molecule has 7 heteroatoms. The fraction of sp³-hybridized carbons (Fsp3) is 0.0833. The summed E-state index contributed by atoms with van der Waals surface area (Å²) in [5, 5.41) is 13.8. The zero-order valence-corrected chi connectivity index (χ0v) is 10.5. The van der Waals surface area contributed by atoms with E-state index in [1.165, 1.54) is 22.0 Å². The van der Waals surface area contributed by atoms with Crippen LogP contribution >= 0.6 is 11.3 Å². The minimum Gasteiger partial charge on any atom is -0.486 e. The molecule has 2 heterocycles. The number of imidazole rings is 1. The molecule has 19 heavy (non-hydrogen) atoms. The summed E-state index contributed by atoms with van der Waals surface area (Å²) in [6, 6.07) is 9.42. The Balaban J connectivity index is 1.75. The summed E-state index contributed by atoms with van der Waals surface area (Å²) in [5.41, 5.74) is -0.00530. The van der Waals surface area contributed by atoms with Crippen molar-refractivity contribution in [1.29, 1.82) is 0 Å². The lowest BCUT2D eigenvalue weighted by atomic mass is 10.3. The number of para-hydroxylation sites is 1. The minimum atomic E-state index is -1.06. The average Bonchev–Trinajstić information content (AvgIpc) is 2.95. The lowest BCUT2D eigenvalue weighted by Gasteiger charge is -2.01. The van der Waals surface area contributed by atoms with Crippen molar-refractivity contribution in [2.75, 3.05) is 0 Å². The predicted octanol–water partition coefficient (Wildman–Crippen LogP) is 2.07. The van der Waals surface area contributed by atoms with Crippen molar-refractivity contribution < 1.29 is 14.6 Å². The molecule has 6 nitrogen and oxygen atoms in total. The van der Waals surface area contributed by atoms with Crippen molar-refractivity contribution in [1.82, 2.24) is 14.6 Å². The van der Waals surface area contributed by atoms with Gasteiger partial charge in [0.1, 0.15) is 12.4 Å². The zero-order valence-electron chi connectivity index (χ0n) is 9.68. The van der Waals surface area contributed by atoms with Crippen LogP contribution in [0, 0.1) is 0 Å². The van der Waals surface area contributed by atoms with Crippen LogP contribution in [0.1, 0.15) is 15.5 Å². The normalized spacial score (nSPS) is 10.7. The van der Waals surface area contributed by atoms with Gasteiger partial charge in [-0.15, -0.1) is 0 Å². The van der Waals surface area contributed by atoms with Crippen LogP contribution in [0.4, 0.5) is 0 Å². The number of aromatic carboxylic acids is 1. The molecule has 0 aliphatic rings. The second-order valence-corrected chi connectivity index (χ2v) is 4.80.